The van der Waals surface area contributed by atoms with Crippen LogP contribution in [0.3, 0.4) is 0 Å². The Morgan fingerprint density at radius 1 is 1.12 bits per heavy atom. The van der Waals surface area contributed by atoms with Gasteiger partial charge in [0.05, 0.1) is 15.9 Å². The third kappa shape index (κ3) is 6.49. The number of benzene rings is 1. The van der Waals surface area contributed by atoms with Crippen molar-refractivity contribution in [2.75, 3.05) is 5.43 Å². The molecule has 3 rings (SSSR count). The van der Waals surface area contributed by atoms with E-state index in [2.05, 4.69) is 42.3 Å². The van der Waals surface area contributed by atoms with Gasteiger partial charge >= 0.3 is 6.09 Å². The van der Waals surface area contributed by atoms with Crippen molar-refractivity contribution in [2.45, 2.75) is 71.9 Å². The minimum Gasteiger partial charge on any atom is -0.443 e. The van der Waals surface area contributed by atoms with Crippen molar-refractivity contribution < 1.29 is 14.1 Å². The largest absolute Gasteiger partial charge is 0.443 e. The van der Waals surface area contributed by atoms with Crippen molar-refractivity contribution in [1.29, 1.82) is 0 Å². The van der Waals surface area contributed by atoms with Crippen LogP contribution >= 0.6 is 11.6 Å². The molecule has 5 nitrogen and oxygen atoms in total. The molecule has 0 saturated heterocycles. The number of halogens is 1. The summed E-state index contributed by atoms with van der Waals surface area (Å²) in [5.74, 6) is 0.718. The summed E-state index contributed by atoms with van der Waals surface area (Å²) < 4.78 is 9.30. The summed E-state index contributed by atoms with van der Waals surface area (Å²) in [6.07, 6.45) is 10.1. The van der Waals surface area contributed by atoms with Crippen LogP contribution < -0.4 is 9.99 Å². The molecule has 0 spiro atoms. The van der Waals surface area contributed by atoms with Gasteiger partial charge in [-0.1, -0.05) is 56.5 Å². The molecule has 0 bridgehead atoms. The summed E-state index contributed by atoms with van der Waals surface area (Å²) in [6, 6.07) is 12.2. The lowest BCUT2D eigenvalue weighted by Gasteiger charge is -2.20. The van der Waals surface area contributed by atoms with E-state index in [0.717, 1.165) is 40.2 Å². The van der Waals surface area contributed by atoms with E-state index in [4.69, 9.17) is 16.3 Å². The van der Waals surface area contributed by atoms with Gasteiger partial charge in [0, 0.05) is 24.2 Å². The second-order valence-electron chi connectivity index (χ2n) is 9.75. The van der Waals surface area contributed by atoms with Gasteiger partial charge < -0.3 is 4.74 Å². The molecule has 2 heterocycles. The van der Waals surface area contributed by atoms with Crippen molar-refractivity contribution >= 4 is 28.6 Å². The Morgan fingerprint density at radius 2 is 1.84 bits per heavy atom. The molecule has 0 saturated carbocycles. The summed E-state index contributed by atoms with van der Waals surface area (Å²) >= 11 is 6.59. The van der Waals surface area contributed by atoms with Gasteiger partial charge in [0.1, 0.15) is 5.60 Å². The standard InChI is InChI=1S/C26H34ClN3O2/c1-19(2)10-6-9-13-24(21-11-7-8-12-22(21)27)29-16-15-23-20(18-29)14-17-30(23)28-25(31)32-26(3,4)5/h7-8,11-12,14-19,24H,6,9-10,13H2,1-5H3/p+1. The second-order valence-corrected chi connectivity index (χ2v) is 10.2. The molecule has 1 N–H and O–H groups in total. The number of hydrogen-bond donors (Lipinski definition) is 1. The molecule has 0 fully saturated rings. The number of hydrogen-bond acceptors (Lipinski definition) is 2. The number of ether oxygens (including phenoxy) is 1. The number of carbonyl (C=O) groups is 1. The van der Waals surface area contributed by atoms with E-state index < -0.39 is 11.7 Å². The lowest BCUT2D eigenvalue weighted by atomic mass is 9.98. The molecule has 1 aromatic carbocycles. The maximum Gasteiger partial charge on any atom is 0.426 e. The zero-order chi connectivity index (χ0) is 23.3. The first-order valence-corrected chi connectivity index (χ1v) is 11.8. The van der Waals surface area contributed by atoms with Gasteiger partial charge in [0.2, 0.25) is 0 Å². The van der Waals surface area contributed by atoms with Crippen molar-refractivity contribution in [1.82, 2.24) is 4.68 Å². The van der Waals surface area contributed by atoms with Crippen LogP contribution in [0.1, 0.15) is 71.9 Å². The highest BCUT2D eigenvalue weighted by molar-refractivity contribution is 6.31. The number of amides is 1. The SMILES string of the molecule is CC(C)CCCCC(c1ccccc1Cl)[n+]1ccc2c(ccn2NC(=O)OC(C)(C)C)c1. The van der Waals surface area contributed by atoms with E-state index in [1.54, 1.807) is 4.68 Å². The van der Waals surface area contributed by atoms with Crippen molar-refractivity contribution in [3.63, 3.8) is 0 Å². The first-order chi connectivity index (χ1) is 15.1. The van der Waals surface area contributed by atoms with Crippen LogP contribution in [0.5, 0.6) is 0 Å². The summed E-state index contributed by atoms with van der Waals surface area (Å²) in [6.45, 7) is 10.1. The molecule has 0 aliphatic rings. The molecular weight excluding hydrogens is 422 g/mol. The van der Waals surface area contributed by atoms with Gasteiger partial charge in [-0.2, -0.15) is 4.57 Å². The van der Waals surface area contributed by atoms with Crippen LogP contribution in [-0.4, -0.2) is 16.4 Å². The van der Waals surface area contributed by atoms with E-state index in [-0.39, 0.29) is 6.04 Å². The van der Waals surface area contributed by atoms with E-state index in [1.165, 1.54) is 12.8 Å². The topological polar surface area (TPSA) is 47.1 Å². The first-order valence-electron chi connectivity index (χ1n) is 11.4. The van der Waals surface area contributed by atoms with Crippen molar-refractivity contribution in [3.8, 4) is 0 Å². The normalized spacial score (nSPS) is 12.8. The van der Waals surface area contributed by atoms with Crippen LogP contribution in [0.4, 0.5) is 4.79 Å². The molecule has 2 aromatic heterocycles. The molecule has 6 heteroatoms. The van der Waals surface area contributed by atoms with Crippen molar-refractivity contribution in [2.24, 2.45) is 5.92 Å². The number of unbranched alkanes of at least 4 members (excludes halogenated alkanes) is 1. The van der Waals surface area contributed by atoms with Crippen LogP contribution in [-0.2, 0) is 4.74 Å². The Labute approximate surface area is 196 Å². The molecule has 32 heavy (non-hydrogen) atoms. The molecule has 1 unspecified atom stereocenters. The van der Waals surface area contributed by atoms with Gasteiger partial charge in [-0.15, -0.1) is 0 Å². The Kier molecular flexibility index (Phi) is 7.83. The lowest BCUT2D eigenvalue weighted by molar-refractivity contribution is -0.713. The summed E-state index contributed by atoms with van der Waals surface area (Å²) in [5, 5.41) is 1.82. The molecule has 0 aliphatic carbocycles. The van der Waals surface area contributed by atoms with Gasteiger partial charge in [-0.25, -0.2) is 10.2 Å². The van der Waals surface area contributed by atoms with Crippen LogP contribution in [0, 0.1) is 5.92 Å². The van der Waals surface area contributed by atoms with E-state index in [0.29, 0.717) is 0 Å². The van der Waals surface area contributed by atoms with Crippen LogP contribution in [0.15, 0.2) is 55.0 Å². The smallest absolute Gasteiger partial charge is 0.426 e. The molecule has 1 amide bonds. The second kappa shape index (κ2) is 10.4. The van der Waals surface area contributed by atoms with E-state index >= 15 is 0 Å². The van der Waals surface area contributed by atoms with Crippen molar-refractivity contribution in [3.05, 3.63) is 65.6 Å². The Balaban J connectivity index is 1.85. The first kappa shape index (κ1) is 24.1. The van der Waals surface area contributed by atoms with Gasteiger partial charge in [0.15, 0.2) is 18.4 Å². The molecule has 0 aliphatic heterocycles. The van der Waals surface area contributed by atoms with Gasteiger partial charge in [0.25, 0.3) is 0 Å². The zero-order valence-corrected chi connectivity index (χ0v) is 20.5. The third-order valence-corrected chi connectivity index (χ3v) is 5.74. The summed E-state index contributed by atoms with van der Waals surface area (Å²) in [5.41, 5.74) is 4.28. The predicted octanol–water partition coefficient (Wildman–Crippen LogP) is 6.87. The highest BCUT2D eigenvalue weighted by atomic mass is 35.5. The maximum atomic E-state index is 12.2. The quantitative estimate of drug-likeness (QED) is 0.297. The van der Waals surface area contributed by atoms with Crippen LogP contribution in [0.25, 0.3) is 10.9 Å². The fourth-order valence-electron chi connectivity index (χ4n) is 3.90. The molecule has 172 valence electrons. The average Bonchev–Trinajstić information content (AvgIpc) is 3.09. The molecular formula is C26H35ClN3O2+. The predicted molar refractivity (Wildman–Crippen MR) is 131 cm³/mol. The fraction of sp³-hybridized carbons (Fsp3) is 0.462. The third-order valence-electron chi connectivity index (χ3n) is 5.39. The van der Waals surface area contributed by atoms with E-state index in [1.807, 2.05) is 57.3 Å². The maximum absolute atomic E-state index is 12.2. The fourth-order valence-corrected chi connectivity index (χ4v) is 4.16. The summed E-state index contributed by atoms with van der Waals surface area (Å²) in [7, 11) is 0. The Morgan fingerprint density at radius 3 is 2.53 bits per heavy atom. The number of nitrogens with one attached hydrogen (secondary N) is 1. The van der Waals surface area contributed by atoms with Gasteiger partial charge in [-0.05, 0) is 45.2 Å². The zero-order valence-electron chi connectivity index (χ0n) is 19.8. The number of carbonyl (C=O) groups excluding carboxylic acids is 1. The number of rotatable bonds is 8. The number of aromatic nitrogens is 2. The number of pyridine rings is 1. The highest BCUT2D eigenvalue weighted by Crippen LogP contribution is 2.27. The monoisotopic (exact) mass is 456 g/mol. The lowest BCUT2D eigenvalue weighted by Crippen LogP contribution is -2.39. The highest BCUT2D eigenvalue weighted by Gasteiger charge is 2.24. The van der Waals surface area contributed by atoms with Gasteiger partial charge in [-0.3, -0.25) is 4.68 Å². The Bertz CT molecular complexity index is 1050. The molecule has 0 radical (unpaired) electrons. The minimum absolute atomic E-state index is 0.155. The van der Waals surface area contributed by atoms with E-state index in [9.17, 15) is 4.79 Å². The molecule has 1 atom stereocenters. The minimum atomic E-state index is -0.548. The Hall–Kier alpha value is -2.53. The number of fused-ring (bicyclic) bond motifs is 1. The summed E-state index contributed by atoms with van der Waals surface area (Å²) in [4.78, 5) is 12.2. The number of nitrogens with zero attached hydrogens (tertiary/aromatic N) is 2. The molecule has 3 aromatic rings. The average molecular weight is 457 g/mol. The van der Waals surface area contributed by atoms with Crippen LogP contribution in [0.2, 0.25) is 5.02 Å².